The van der Waals surface area contributed by atoms with Crippen molar-refractivity contribution in [2.45, 2.75) is 26.2 Å². The average Bonchev–Trinajstić information content (AvgIpc) is 2.34. The highest BCUT2D eigenvalue weighted by Crippen LogP contribution is 2.22. The van der Waals surface area contributed by atoms with Gasteiger partial charge in [0.25, 0.3) is 0 Å². The van der Waals surface area contributed by atoms with Gasteiger partial charge in [0.1, 0.15) is 0 Å². The minimum atomic E-state index is -0.619. The zero-order valence-electron chi connectivity index (χ0n) is 10.5. The van der Waals surface area contributed by atoms with E-state index < -0.39 is 11.8 Å². The van der Waals surface area contributed by atoms with Gasteiger partial charge in [-0.2, -0.15) is 0 Å². The van der Waals surface area contributed by atoms with Crippen LogP contribution in [0, 0.1) is 0 Å². The van der Waals surface area contributed by atoms with E-state index in [1.165, 1.54) is 0 Å². The lowest BCUT2D eigenvalue weighted by atomic mass is 9.95. The summed E-state index contributed by atoms with van der Waals surface area (Å²) in [6.45, 7) is 2.01. The van der Waals surface area contributed by atoms with Crippen LogP contribution in [-0.4, -0.2) is 11.8 Å². The van der Waals surface area contributed by atoms with Gasteiger partial charge in [-0.3, -0.25) is 9.59 Å². The third kappa shape index (κ3) is 3.45. The Kier molecular flexibility index (Phi) is 5.11. The molecule has 0 saturated heterocycles. The van der Waals surface area contributed by atoms with Gasteiger partial charge in [0.15, 0.2) is 0 Å². The van der Waals surface area contributed by atoms with Gasteiger partial charge in [-0.15, -0.1) is 0 Å². The molecule has 0 saturated carbocycles. The summed E-state index contributed by atoms with van der Waals surface area (Å²) in [7, 11) is 0. The zero-order valence-corrected chi connectivity index (χ0v) is 10.5. The smallest absolute Gasteiger partial charge is 0.249 e. The van der Waals surface area contributed by atoms with Crippen LogP contribution in [0.3, 0.4) is 0 Å². The van der Waals surface area contributed by atoms with Crippen molar-refractivity contribution >= 4 is 17.4 Å². The third-order valence-corrected chi connectivity index (χ3v) is 2.69. The predicted octanol–water partition coefficient (Wildman–Crippen LogP) is 1.60. The Morgan fingerprint density at radius 1 is 1.06 bits per heavy atom. The molecular weight excluding hydrogens is 228 g/mol. The van der Waals surface area contributed by atoms with Crippen molar-refractivity contribution in [2.24, 2.45) is 11.5 Å². The number of rotatable bonds is 6. The monoisotopic (exact) mass is 246 g/mol. The normalized spacial score (nSPS) is 11.8. The van der Waals surface area contributed by atoms with Gasteiger partial charge in [-0.25, -0.2) is 0 Å². The maximum absolute atomic E-state index is 11.6. The molecule has 0 aliphatic rings. The van der Waals surface area contributed by atoms with E-state index in [0.29, 0.717) is 17.6 Å². The summed E-state index contributed by atoms with van der Waals surface area (Å²) < 4.78 is 0. The Hall–Kier alpha value is -2.10. The number of primary amides is 2. The standard InChI is InChI=1S/C14H18N2O2/c1-2-3-9-11(13(15)17)12(14(16)18)10-7-5-4-6-8-10/h4-8H,2-3,9H2,1H3,(H2,15,17)(H2,16,18)/b12-11-. The van der Waals surface area contributed by atoms with Gasteiger partial charge in [0.2, 0.25) is 11.8 Å². The van der Waals surface area contributed by atoms with Crippen LogP contribution in [-0.2, 0) is 9.59 Å². The van der Waals surface area contributed by atoms with Crippen molar-refractivity contribution in [2.75, 3.05) is 0 Å². The molecule has 0 aliphatic carbocycles. The van der Waals surface area contributed by atoms with E-state index >= 15 is 0 Å². The minimum Gasteiger partial charge on any atom is -0.366 e. The summed E-state index contributed by atoms with van der Waals surface area (Å²) >= 11 is 0. The summed E-state index contributed by atoms with van der Waals surface area (Å²) in [4.78, 5) is 23.0. The van der Waals surface area contributed by atoms with Crippen molar-refractivity contribution in [3.63, 3.8) is 0 Å². The van der Waals surface area contributed by atoms with E-state index in [9.17, 15) is 9.59 Å². The fourth-order valence-electron chi connectivity index (χ4n) is 1.79. The van der Waals surface area contributed by atoms with Crippen LogP contribution >= 0.6 is 0 Å². The molecule has 2 amide bonds. The molecule has 1 aromatic carbocycles. The predicted molar refractivity (Wildman–Crippen MR) is 71.3 cm³/mol. The summed E-state index contributed by atoms with van der Waals surface area (Å²) in [5.41, 5.74) is 11.9. The van der Waals surface area contributed by atoms with Crippen LogP contribution in [0.5, 0.6) is 0 Å². The highest BCUT2D eigenvalue weighted by Gasteiger charge is 2.18. The molecule has 0 atom stereocenters. The van der Waals surface area contributed by atoms with Gasteiger partial charge in [0.05, 0.1) is 5.57 Å². The maximum Gasteiger partial charge on any atom is 0.249 e. The molecule has 0 radical (unpaired) electrons. The fourth-order valence-corrected chi connectivity index (χ4v) is 1.79. The highest BCUT2D eigenvalue weighted by atomic mass is 16.2. The molecule has 0 unspecified atom stereocenters. The second-order valence-corrected chi connectivity index (χ2v) is 4.05. The maximum atomic E-state index is 11.6. The number of carbonyl (C=O) groups is 2. The molecule has 96 valence electrons. The van der Waals surface area contributed by atoms with Crippen molar-refractivity contribution in [1.82, 2.24) is 0 Å². The number of amides is 2. The Morgan fingerprint density at radius 2 is 1.67 bits per heavy atom. The first-order valence-electron chi connectivity index (χ1n) is 5.96. The number of hydrogen-bond donors (Lipinski definition) is 2. The van der Waals surface area contributed by atoms with Crippen LogP contribution in [0.1, 0.15) is 31.7 Å². The molecule has 4 heteroatoms. The molecule has 1 rings (SSSR count). The second kappa shape index (κ2) is 6.59. The third-order valence-electron chi connectivity index (χ3n) is 2.69. The first-order chi connectivity index (χ1) is 8.57. The van der Waals surface area contributed by atoms with E-state index in [4.69, 9.17) is 11.5 Å². The van der Waals surface area contributed by atoms with Crippen LogP contribution in [0.15, 0.2) is 35.9 Å². The average molecular weight is 246 g/mol. The van der Waals surface area contributed by atoms with E-state index in [2.05, 4.69) is 0 Å². The molecule has 0 fully saturated rings. The van der Waals surface area contributed by atoms with E-state index in [1.54, 1.807) is 24.3 Å². The zero-order chi connectivity index (χ0) is 13.5. The number of hydrogen-bond acceptors (Lipinski definition) is 2. The van der Waals surface area contributed by atoms with E-state index in [-0.39, 0.29) is 5.57 Å². The van der Waals surface area contributed by atoms with E-state index in [0.717, 1.165) is 12.8 Å². The quantitative estimate of drug-likeness (QED) is 0.747. The van der Waals surface area contributed by atoms with Crippen molar-refractivity contribution < 1.29 is 9.59 Å². The number of unbranched alkanes of at least 4 members (excludes halogenated alkanes) is 1. The minimum absolute atomic E-state index is 0.233. The topological polar surface area (TPSA) is 86.2 Å². The molecule has 0 bridgehead atoms. The lowest BCUT2D eigenvalue weighted by Gasteiger charge is -2.10. The second-order valence-electron chi connectivity index (χ2n) is 4.05. The number of benzene rings is 1. The van der Waals surface area contributed by atoms with Crippen LogP contribution in [0.25, 0.3) is 5.57 Å². The van der Waals surface area contributed by atoms with Gasteiger partial charge in [-0.1, -0.05) is 43.7 Å². The summed E-state index contributed by atoms with van der Waals surface area (Å²) in [5.74, 6) is -1.20. The molecule has 0 spiro atoms. The van der Waals surface area contributed by atoms with Crippen molar-refractivity contribution in [3.8, 4) is 0 Å². The fraction of sp³-hybridized carbons (Fsp3) is 0.286. The van der Waals surface area contributed by atoms with Crippen LogP contribution in [0.4, 0.5) is 0 Å². The molecule has 0 aliphatic heterocycles. The van der Waals surface area contributed by atoms with Gasteiger partial charge in [-0.05, 0) is 18.4 Å². The first-order valence-corrected chi connectivity index (χ1v) is 5.96. The van der Waals surface area contributed by atoms with Crippen LogP contribution in [0.2, 0.25) is 0 Å². The van der Waals surface area contributed by atoms with Gasteiger partial charge in [0, 0.05) is 5.57 Å². The SMILES string of the molecule is CCCC/C(C(N)=O)=C(/C(N)=O)c1ccccc1. The number of carbonyl (C=O) groups excluding carboxylic acids is 2. The summed E-state index contributed by atoms with van der Waals surface area (Å²) in [6, 6.07) is 8.90. The van der Waals surface area contributed by atoms with Crippen molar-refractivity contribution in [1.29, 1.82) is 0 Å². The lowest BCUT2D eigenvalue weighted by Crippen LogP contribution is -2.22. The van der Waals surface area contributed by atoms with E-state index in [1.807, 2.05) is 13.0 Å². The number of nitrogens with two attached hydrogens (primary N) is 2. The van der Waals surface area contributed by atoms with Gasteiger partial charge < -0.3 is 11.5 Å². The van der Waals surface area contributed by atoms with Crippen molar-refractivity contribution in [3.05, 3.63) is 41.5 Å². The Labute approximate surface area is 107 Å². The first kappa shape index (κ1) is 14.0. The Morgan fingerprint density at radius 3 is 2.11 bits per heavy atom. The molecule has 1 aromatic rings. The Bertz CT molecular complexity index is 464. The van der Waals surface area contributed by atoms with Gasteiger partial charge >= 0.3 is 0 Å². The molecule has 0 heterocycles. The lowest BCUT2D eigenvalue weighted by molar-refractivity contribution is -0.116. The molecule has 4 N–H and O–H groups in total. The molecule has 18 heavy (non-hydrogen) atoms. The summed E-state index contributed by atoms with van der Waals surface area (Å²) in [5, 5.41) is 0. The summed E-state index contributed by atoms with van der Waals surface area (Å²) in [6.07, 6.45) is 2.18. The highest BCUT2D eigenvalue weighted by molar-refractivity contribution is 6.24. The van der Waals surface area contributed by atoms with Crippen LogP contribution < -0.4 is 11.5 Å². The molecule has 0 aromatic heterocycles. The molecule has 4 nitrogen and oxygen atoms in total. The largest absolute Gasteiger partial charge is 0.366 e. The molecular formula is C14H18N2O2. The Balaban J connectivity index is 3.29.